The Morgan fingerprint density at radius 1 is 1.27 bits per heavy atom. The van der Waals surface area contributed by atoms with Crippen LogP contribution in [0.15, 0.2) is 23.1 Å². The lowest BCUT2D eigenvalue weighted by atomic mass is 10.1. The number of hydrogen-bond donors (Lipinski definition) is 2. The summed E-state index contributed by atoms with van der Waals surface area (Å²) in [5.41, 5.74) is 1.79. The molecule has 0 atom stereocenters. The van der Waals surface area contributed by atoms with Gasteiger partial charge in [0.2, 0.25) is 0 Å². The quantitative estimate of drug-likeness (QED) is 0.894. The van der Waals surface area contributed by atoms with Crippen molar-refractivity contribution in [2.75, 3.05) is 4.72 Å². The average molecular weight is 323 g/mol. The van der Waals surface area contributed by atoms with Crippen molar-refractivity contribution in [2.24, 2.45) is 7.05 Å². The van der Waals surface area contributed by atoms with Gasteiger partial charge in [0.05, 0.1) is 22.6 Å². The van der Waals surface area contributed by atoms with E-state index in [0.29, 0.717) is 17.0 Å². The number of nitrogens with zero attached hydrogens (tertiary/aromatic N) is 2. The van der Waals surface area contributed by atoms with E-state index < -0.39 is 16.0 Å². The molecule has 0 saturated carbocycles. The van der Waals surface area contributed by atoms with Crippen LogP contribution in [0.1, 0.15) is 27.3 Å². The lowest BCUT2D eigenvalue weighted by Crippen LogP contribution is -2.16. The number of aromatic nitrogens is 2. The first-order chi connectivity index (χ1) is 10.1. The number of carboxylic acid groups (broad SMARTS) is 1. The van der Waals surface area contributed by atoms with Crippen LogP contribution in [-0.2, 0) is 17.1 Å². The van der Waals surface area contributed by atoms with E-state index in [2.05, 4.69) is 9.82 Å². The molecule has 118 valence electrons. The second kappa shape index (κ2) is 5.45. The lowest BCUT2D eigenvalue weighted by molar-refractivity contribution is 0.0697. The maximum Gasteiger partial charge on any atom is 0.335 e. The van der Waals surface area contributed by atoms with Gasteiger partial charge in [-0.2, -0.15) is 5.10 Å². The van der Waals surface area contributed by atoms with Crippen LogP contribution in [0.25, 0.3) is 0 Å². The molecule has 7 nitrogen and oxygen atoms in total. The summed E-state index contributed by atoms with van der Waals surface area (Å²) in [7, 11) is -2.18. The van der Waals surface area contributed by atoms with E-state index in [1.807, 2.05) is 0 Å². The van der Waals surface area contributed by atoms with Crippen LogP contribution < -0.4 is 4.72 Å². The van der Waals surface area contributed by atoms with Crippen LogP contribution in [0.3, 0.4) is 0 Å². The lowest BCUT2D eigenvalue weighted by Gasteiger charge is -2.11. The van der Waals surface area contributed by atoms with E-state index in [1.54, 1.807) is 33.9 Å². The first-order valence-corrected chi connectivity index (χ1v) is 7.98. The predicted molar refractivity (Wildman–Crippen MR) is 81.6 cm³/mol. The van der Waals surface area contributed by atoms with Gasteiger partial charge < -0.3 is 5.11 Å². The summed E-state index contributed by atoms with van der Waals surface area (Å²) in [5, 5.41) is 13.1. The van der Waals surface area contributed by atoms with Gasteiger partial charge in [0.15, 0.2) is 0 Å². The van der Waals surface area contributed by atoms with Gasteiger partial charge >= 0.3 is 5.97 Å². The zero-order chi connectivity index (χ0) is 16.7. The van der Waals surface area contributed by atoms with E-state index in [4.69, 9.17) is 5.11 Å². The maximum atomic E-state index is 12.6. The predicted octanol–water partition coefficient (Wildman–Crippen LogP) is 1.84. The Morgan fingerprint density at radius 2 is 1.91 bits per heavy atom. The summed E-state index contributed by atoms with van der Waals surface area (Å²) in [6, 6.07) is 4.29. The number of aryl methyl sites for hydroxylation is 3. The summed E-state index contributed by atoms with van der Waals surface area (Å²) in [6.07, 6.45) is 0. The molecule has 0 radical (unpaired) electrons. The topological polar surface area (TPSA) is 101 Å². The summed E-state index contributed by atoms with van der Waals surface area (Å²) < 4.78 is 29.1. The minimum atomic E-state index is -3.85. The molecule has 1 aromatic carbocycles. The van der Waals surface area contributed by atoms with E-state index >= 15 is 0 Å². The van der Waals surface area contributed by atoms with Gasteiger partial charge in [-0.05, 0) is 38.5 Å². The zero-order valence-electron chi connectivity index (χ0n) is 12.7. The second-order valence-electron chi connectivity index (χ2n) is 5.06. The number of rotatable bonds is 4. The Balaban J connectivity index is 2.49. The van der Waals surface area contributed by atoms with Crippen molar-refractivity contribution in [3.05, 3.63) is 40.7 Å². The summed E-state index contributed by atoms with van der Waals surface area (Å²) in [6.45, 7) is 4.98. The highest BCUT2D eigenvalue weighted by Gasteiger charge is 2.24. The summed E-state index contributed by atoms with van der Waals surface area (Å²) >= 11 is 0. The number of sulfonamides is 1. The van der Waals surface area contributed by atoms with Crippen molar-refractivity contribution < 1.29 is 18.3 Å². The van der Waals surface area contributed by atoms with Gasteiger partial charge in [-0.25, -0.2) is 13.2 Å². The third kappa shape index (κ3) is 2.82. The van der Waals surface area contributed by atoms with Crippen molar-refractivity contribution >= 4 is 21.7 Å². The van der Waals surface area contributed by atoms with Crippen molar-refractivity contribution in [3.63, 3.8) is 0 Å². The van der Waals surface area contributed by atoms with Gasteiger partial charge in [0, 0.05) is 7.05 Å². The molecule has 0 aliphatic carbocycles. The van der Waals surface area contributed by atoms with Crippen molar-refractivity contribution in [1.82, 2.24) is 9.78 Å². The first kappa shape index (κ1) is 16.0. The van der Waals surface area contributed by atoms with Crippen molar-refractivity contribution in [1.29, 1.82) is 0 Å². The van der Waals surface area contributed by atoms with Gasteiger partial charge in [-0.3, -0.25) is 9.40 Å². The number of aromatic carboxylic acids is 1. The molecule has 1 heterocycles. The smallest absolute Gasteiger partial charge is 0.335 e. The molecule has 0 spiro atoms. The molecule has 0 bridgehead atoms. The van der Waals surface area contributed by atoms with Crippen LogP contribution in [0, 0.1) is 20.8 Å². The fraction of sp³-hybridized carbons (Fsp3) is 0.286. The average Bonchev–Trinajstić information content (AvgIpc) is 2.65. The van der Waals surface area contributed by atoms with Crippen LogP contribution >= 0.6 is 0 Å². The number of carboxylic acids is 1. The fourth-order valence-electron chi connectivity index (χ4n) is 2.20. The first-order valence-electron chi connectivity index (χ1n) is 6.50. The van der Waals surface area contributed by atoms with Gasteiger partial charge in [0.25, 0.3) is 10.0 Å². The van der Waals surface area contributed by atoms with Crippen LogP contribution in [0.4, 0.5) is 5.69 Å². The summed E-state index contributed by atoms with van der Waals surface area (Å²) in [5.74, 6) is -1.12. The van der Waals surface area contributed by atoms with Crippen LogP contribution in [0.5, 0.6) is 0 Å². The molecular formula is C14H17N3O4S. The highest BCUT2D eigenvalue weighted by molar-refractivity contribution is 7.92. The number of anilines is 1. The summed E-state index contributed by atoms with van der Waals surface area (Å²) in [4.78, 5) is 11.1. The SMILES string of the molecule is Cc1ccc(C(=O)O)cc1NS(=O)(=O)c1c(C)nn(C)c1C. The van der Waals surface area contributed by atoms with E-state index in [-0.39, 0.29) is 16.1 Å². The maximum absolute atomic E-state index is 12.6. The molecule has 0 fully saturated rings. The molecule has 22 heavy (non-hydrogen) atoms. The second-order valence-corrected chi connectivity index (χ2v) is 6.68. The Kier molecular flexibility index (Phi) is 3.97. The molecule has 0 aliphatic heterocycles. The highest BCUT2D eigenvalue weighted by atomic mass is 32.2. The molecule has 0 amide bonds. The third-order valence-electron chi connectivity index (χ3n) is 3.44. The van der Waals surface area contributed by atoms with Gasteiger partial charge in [-0.1, -0.05) is 6.07 Å². The molecule has 8 heteroatoms. The minimum absolute atomic E-state index is 0.0166. The van der Waals surface area contributed by atoms with Crippen LogP contribution in [-0.4, -0.2) is 29.3 Å². The number of benzene rings is 1. The molecule has 0 saturated heterocycles. The molecule has 0 unspecified atom stereocenters. The normalized spacial score (nSPS) is 11.5. The van der Waals surface area contributed by atoms with Gasteiger partial charge in [-0.15, -0.1) is 0 Å². The third-order valence-corrected chi connectivity index (χ3v) is 5.06. The fourth-order valence-corrected chi connectivity index (χ4v) is 3.77. The molecule has 1 aromatic heterocycles. The molecule has 2 rings (SSSR count). The Labute approximate surface area is 128 Å². The zero-order valence-corrected chi connectivity index (χ0v) is 13.5. The largest absolute Gasteiger partial charge is 0.478 e. The number of nitrogens with one attached hydrogen (secondary N) is 1. The number of carbonyl (C=O) groups is 1. The monoisotopic (exact) mass is 323 g/mol. The van der Waals surface area contributed by atoms with E-state index in [1.165, 1.54) is 16.8 Å². The van der Waals surface area contributed by atoms with Gasteiger partial charge in [0.1, 0.15) is 4.90 Å². The van der Waals surface area contributed by atoms with E-state index in [0.717, 1.165) is 0 Å². The highest BCUT2D eigenvalue weighted by Crippen LogP contribution is 2.24. The Hall–Kier alpha value is -2.35. The van der Waals surface area contributed by atoms with E-state index in [9.17, 15) is 13.2 Å². The number of hydrogen-bond acceptors (Lipinski definition) is 4. The van der Waals surface area contributed by atoms with Crippen molar-refractivity contribution in [3.8, 4) is 0 Å². The minimum Gasteiger partial charge on any atom is -0.478 e. The standard InChI is InChI=1S/C14H17N3O4S/c1-8-5-6-11(14(18)19)7-12(8)16-22(20,21)13-9(2)15-17(4)10(13)3/h5-7,16H,1-4H3,(H,18,19). The Bertz CT molecular complexity index is 853. The molecule has 2 aromatic rings. The Morgan fingerprint density at radius 3 is 2.41 bits per heavy atom. The molecule has 0 aliphatic rings. The molecule has 2 N–H and O–H groups in total. The molecular weight excluding hydrogens is 306 g/mol. The van der Waals surface area contributed by atoms with Crippen molar-refractivity contribution in [2.45, 2.75) is 25.7 Å². The van der Waals surface area contributed by atoms with Crippen LogP contribution in [0.2, 0.25) is 0 Å².